The molecule has 0 radical (unpaired) electrons. The number of nitrogens with zero attached hydrogens (tertiary/aromatic N) is 2. The molecule has 3 nitrogen and oxygen atoms in total. The third-order valence-corrected chi connectivity index (χ3v) is 7.29. The molecule has 3 aromatic carbocycles. The second-order valence-electron chi connectivity index (χ2n) is 9.04. The molecular weight excluding hydrogens is 368 g/mol. The van der Waals surface area contributed by atoms with Gasteiger partial charge in [-0.15, -0.1) is 0 Å². The highest BCUT2D eigenvalue weighted by Crippen LogP contribution is 2.46. The van der Waals surface area contributed by atoms with Crippen molar-refractivity contribution < 1.29 is 4.74 Å². The fourth-order valence-corrected chi connectivity index (χ4v) is 5.07. The van der Waals surface area contributed by atoms with Gasteiger partial charge in [0.2, 0.25) is 0 Å². The highest BCUT2D eigenvalue weighted by Gasteiger charge is 2.26. The molecule has 0 saturated heterocycles. The summed E-state index contributed by atoms with van der Waals surface area (Å²) in [5, 5.41) is 4.39. The zero-order chi connectivity index (χ0) is 22.2. The van der Waals surface area contributed by atoms with Gasteiger partial charge in [0.15, 0.2) is 11.5 Å². The van der Waals surface area contributed by atoms with E-state index in [1.54, 1.807) is 0 Å². The summed E-state index contributed by atoms with van der Waals surface area (Å²) in [6.45, 7) is 21.8. The van der Waals surface area contributed by atoms with Gasteiger partial charge in [-0.2, -0.15) is 0 Å². The molecule has 4 rings (SSSR count). The van der Waals surface area contributed by atoms with Gasteiger partial charge in [0.1, 0.15) is 11.0 Å². The predicted octanol–water partition coefficient (Wildman–Crippen LogP) is 5.84. The molecule has 0 amide bonds. The molecule has 0 fully saturated rings. The second-order valence-corrected chi connectivity index (χ2v) is 9.04. The van der Waals surface area contributed by atoms with Crippen molar-refractivity contribution in [2.45, 2.75) is 55.4 Å². The van der Waals surface area contributed by atoms with E-state index < -0.39 is 0 Å². The van der Waals surface area contributed by atoms with E-state index in [0.29, 0.717) is 0 Å². The normalized spacial score (nSPS) is 12.3. The lowest BCUT2D eigenvalue weighted by molar-refractivity contribution is 0.463. The Bertz CT molecular complexity index is 1380. The van der Waals surface area contributed by atoms with Gasteiger partial charge in [0, 0.05) is 36.3 Å². The largest absolute Gasteiger partial charge is 0.452 e. The van der Waals surface area contributed by atoms with Crippen molar-refractivity contribution in [3.63, 3.8) is 0 Å². The average molecular weight is 401 g/mol. The Morgan fingerprint density at radius 3 is 1.77 bits per heavy atom. The molecule has 0 N–H and O–H groups in total. The lowest BCUT2D eigenvalue weighted by Gasteiger charge is -2.28. The van der Waals surface area contributed by atoms with E-state index in [4.69, 9.17) is 9.73 Å². The first-order chi connectivity index (χ1) is 14.0. The molecule has 156 valence electrons. The minimum Gasteiger partial charge on any atom is -0.452 e. The summed E-state index contributed by atoms with van der Waals surface area (Å²) in [7, 11) is 4.16. The topological polar surface area (TPSA) is 24.8 Å². The molecule has 3 heteroatoms. The van der Waals surface area contributed by atoms with Crippen LogP contribution >= 0.6 is 0 Å². The first-order valence-corrected chi connectivity index (χ1v) is 10.6. The summed E-state index contributed by atoms with van der Waals surface area (Å²) in [6.07, 6.45) is 0. The van der Waals surface area contributed by atoms with Crippen LogP contribution in [0.4, 0.5) is 11.4 Å². The van der Waals surface area contributed by atoms with Gasteiger partial charge >= 0.3 is 0 Å². The van der Waals surface area contributed by atoms with Crippen LogP contribution in [0.2, 0.25) is 0 Å². The molecular formula is C27H32N2O. The van der Waals surface area contributed by atoms with Crippen LogP contribution in [0, 0.1) is 55.4 Å². The fraction of sp³-hybridized carbons (Fsp3) is 0.370. The number of fused-ring (bicyclic) bond motifs is 4. The van der Waals surface area contributed by atoms with Gasteiger partial charge < -0.3 is 9.64 Å². The predicted molar refractivity (Wildman–Crippen MR) is 129 cm³/mol. The minimum absolute atomic E-state index is 0.849. The molecule has 0 saturated carbocycles. The molecule has 0 atom stereocenters. The lowest BCUT2D eigenvalue weighted by Crippen LogP contribution is -2.23. The van der Waals surface area contributed by atoms with Crippen LogP contribution in [0.5, 0.6) is 11.5 Å². The highest BCUT2D eigenvalue weighted by atomic mass is 16.5. The quantitative estimate of drug-likeness (QED) is 0.401. The summed E-state index contributed by atoms with van der Waals surface area (Å²) in [4.78, 5) is 7.43. The summed E-state index contributed by atoms with van der Waals surface area (Å²) < 4.78 is 6.66. The zero-order valence-electron chi connectivity index (χ0n) is 20.0. The maximum atomic E-state index is 6.66. The van der Waals surface area contributed by atoms with Crippen LogP contribution in [-0.4, -0.2) is 14.1 Å². The number of benzene rings is 3. The number of hydrogen-bond acceptors (Lipinski definition) is 3. The molecule has 0 aliphatic carbocycles. The Kier molecular flexibility index (Phi) is 4.50. The van der Waals surface area contributed by atoms with Crippen molar-refractivity contribution >= 4 is 28.7 Å². The van der Waals surface area contributed by atoms with E-state index in [2.05, 4.69) is 81.0 Å². The highest BCUT2D eigenvalue weighted by molar-refractivity contribution is 5.93. The fourth-order valence-electron chi connectivity index (χ4n) is 5.07. The van der Waals surface area contributed by atoms with E-state index in [1.165, 1.54) is 49.8 Å². The van der Waals surface area contributed by atoms with E-state index in [9.17, 15) is 0 Å². The maximum absolute atomic E-state index is 6.66. The minimum atomic E-state index is 0.849. The summed E-state index contributed by atoms with van der Waals surface area (Å²) in [5.74, 6) is 1.72. The van der Waals surface area contributed by atoms with Gasteiger partial charge in [0.25, 0.3) is 0 Å². The molecule has 1 aliphatic heterocycles. The first kappa shape index (κ1) is 20.5. The second kappa shape index (κ2) is 6.60. The van der Waals surface area contributed by atoms with E-state index >= 15 is 0 Å². The van der Waals surface area contributed by atoms with Crippen LogP contribution in [0.3, 0.4) is 0 Å². The van der Waals surface area contributed by atoms with Crippen molar-refractivity contribution in [3.05, 3.63) is 55.1 Å². The molecule has 1 aliphatic rings. The third-order valence-electron chi connectivity index (χ3n) is 7.29. The van der Waals surface area contributed by atoms with Crippen LogP contribution in [-0.2, 0) is 0 Å². The number of rotatable bonds is 1. The van der Waals surface area contributed by atoms with Crippen molar-refractivity contribution in [1.82, 2.24) is 0 Å². The van der Waals surface area contributed by atoms with E-state index in [-0.39, 0.29) is 0 Å². The van der Waals surface area contributed by atoms with Gasteiger partial charge in [-0.1, -0.05) is 6.58 Å². The Morgan fingerprint density at radius 1 is 0.633 bits per heavy atom. The summed E-state index contributed by atoms with van der Waals surface area (Å²) >= 11 is 0. The Labute approximate surface area is 179 Å². The van der Waals surface area contributed by atoms with Crippen molar-refractivity contribution in [2.24, 2.45) is 4.99 Å². The molecule has 30 heavy (non-hydrogen) atoms. The number of aryl methyl sites for hydroxylation is 2. The van der Waals surface area contributed by atoms with Crippen molar-refractivity contribution in [3.8, 4) is 11.5 Å². The first-order valence-electron chi connectivity index (χ1n) is 10.6. The van der Waals surface area contributed by atoms with Gasteiger partial charge in [-0.25, -0.2) is 4.99 Å². The average Bonchev–Trinajstić information content (AvgIpc) is 2.70. The lowest BCUT2D eigenvalue weighted by atomic mass is 9.88. The summed E-state index contributed by atoms with van der Waals surface area (Å²) in [5.41, 5.74) is 12.0. The monoisotopic (exact) mass is 400 g/mol. The molecule has 0 bridgehead atoms. The Morgan fingerprint density at radius 2 is 1.20 bits per heavy atom. The Balaban J connectivity index is 2.28. The van der Waals surface area contributed by atoms with Crippen LogP contribution < -0.4 is 20.2 Å². The van der Waals surface area contributed by atoms with Gasteiger partial charge in [-0.05, 0) is 99.4 Å². The molecule has 3 aromatic rings. The third kappa shape index (κ3) is 2.47. The SMILES string of the molecule is C=c1c(C)c2c(c3c(C)c(C)c(C)c(C)c13)=Nc1c(C)c(C)c(N(C)C)c(C)c1O2. The standard InChI is InChI=1S/C27H32N2O/c1-12-13(2)15(4)22-21(14(12)3)16(5)19(8)26-24(22)28-23-17(6)18(7)25(29(10)11)20(9)27(23)30-26/h5H2,1-4,6-11H3. The van der Waals surface area contributed by atoms with Crippen molar-refractivity contribution in [1.29, 1.82) is 0 Å². The van der Waals surface area contributed by atoms with Gasteiger partial charge in [-0.3, -0.25) is 0 Å². The number of anilines is 1. The van der Waals surface area contributed by atoms with E-state index in [1.807, 2.05) is 0 Å². The number of ether oxygens (including phenoxy) is 1. The zero-order valence-corrected chi connectivity index (χ0v) is 20.0. The number of hydrogen-bond donors (Lipinski definition) is 0. The van der Waals surface area contributed by atoms with Crippen molar-refractivity contribution in [2.75, 3.05) is 19.0 Å². The Hall–Kier alpha value is -2.81. The smallest absolute Gasteiger partial charge is 0.158 e. The maximum Gasteiger partial charge on any atom is 0.158 e. The molecule has 0 unspecified atom stereocenters. The molecule has 1 heterocycles. The molecule has 0 aromatic heterocycles. The van der Waals surface area contributed by atoms with Crippen LogP contribution in [0.25, 0.3) is 17.4 Å². The van der Waals surface area contributed by atoms with Crippen LogP contribution in [0.1, 0.15) is 44.5 Å². The van der Waals surface area contributed by atoms with Gasteiger partial charge in [0.05, 0.1) is 0 Å². The summed E-state index contributed by atoms with van der Waals surface area (Å²) in [6, 6.07) is 0. The van der Waals surface area contributed by atoms with Crippen LogP contribution in [0.15, 0.2) is 4.99 Å². The van der Waals surface area contributed by atoms with E-state index in [0.717, 1.165) is 38.9 Å². The molecule has 0 spiro atoms.